The first-order chi connectivity index (χ1) is 15.3. The zero-order valence-electron chi connectivity index (χ0n) is 18.3. The molecule has 2 N–H and O–H groups in total. The molecule has 8 nitrogen and oxygen atoms in total. The van der Waals surface area contributed by atoms with Gasteiger partial charge in [0.25, 0.3) is 5.91 Å². The molecule has 0 aliphatic heterocycles. The van der Waals surface area contributed by atoms with Gasteiger partial charge in [-0.2, -0.15) is 0 Å². The summed E-state index contributed by atoms with van der Waals surface area (Å²) in [6.45, 7) is 1.27. The Morgan fingerprint density at radius 3 is 2.50 bits per heavy atom. The predicted molar refractivity (Wildman–Crippen MR) is 118 cm³/mol. The molecule has 1 heterocycles. The van der Waals surface area contributed by atoms with Crippen LogP contribution in [-0.4, -0.2) is 32.9 Å². The van der Waals surface area contributed by atoms with Crippen molar-refractivity contribution in [1.29, 1.82) is 0 Å². The van der Waals surface area contributed by atoms with Crippen molar-refractivity contribution in [2.75, 3.05) is 6.61 Å². The standard InChI is InChI=1S/C23H30N2O6S/c1-17-11-12-20(32(28,29)24-15-19-10-7-13-30-19)14-21(17)23(27)31-16-22(26)25-18-8-5-3-2-4-6-9-18/h7,10-14,18,24H,2-6,8-9,15-16H2,1H3,(H,25,26). The third-order valence-electron chi connectivity index (χ3n) is 5.56. The highest BCUT2D eigenvalue weighted by Gasteiger charge is 2.20. The van der Waals surface area contributed by atoms with Gasteiger partial charge in [0, 0.05) is 6.04 Å². The lowest BCUT2D eigenvalue weighted by atomic mass is 9.97. The van der Waals surface area contributed by atoms with Crippen molar-refractivity contribution in [2.45, 2.75) is 69.4 Å². The zero-order chi connectivity index (χ0) is 23.0. The lowest BCUT2D eigenvalue weighted by molar-refractivity contribution is -0.125. The molecule has 32 heavy (non-hydrogen) atoms. The Labute approximate surface area is 188 Å². The molecule has 1 saturated carbocycles. The minimum absolute atomic E-state index is 0.00960. The van der Waals surface area contributed by atoms with Gasteiger partial charge in [-0.3, -0.25) is 4.79 Å². The van der Waals surface area contributed by atoms with E-state index in [-0.39, 0.29) is 29.0 Å². The number of hydrogen-bond acceptors (Lipinski definition) is 6. The molecule has 0 spiro atoms. The van der Waals surface area contributed by atoms with Crippen molar-refractivity contribution in [1.82, 2.24) is 10.0 Å². The van der Waals surface area contributed by atoms with Crippen molar-refractivity contribution >= 4 is 21.9 Å². The second-order valence-electron chi connectivity index (χ2n) is 8.07. The van der Waals surface area contributed by atoms with E-state index >= 15 is 0 Å². The molecule has 3 rings (SSSR count). The molecule has 0 radical (unpaired) electrons. The van der Waals surface area contributed by atoms with Crippen molar-refractivity contribution in [3.05, 3.63) is 53.5 Å². The number of hydrogen-bond donors (Lipinski definition) is 2. The van der Waals surface area contributed by atoms with Gasteiger partial charge in [0.05, 0.1) is 23.3 Å². The SMILES string of the molecule is Cc1ccc(S(=O)(=O)NCc2ccco2)cc1C(=O)OCC(=O)NC1CCCCCCC1. The third-order valence-corrected chi connectivity index (χ3v) is 6.96. The fourth-order valence-corrected chi connectivity index (χ4v) is 4.75. The molecule has 1 fully saturated rings. The summed E-state index contributed by atoms with van der Waals surface area (Å²) in [7, 11) is -3.86. The van der Waals surface area contributed by atoms with Gasteiger partial charge in [-0.25, -0.2) is 17.9 Å². The fraction of sp³-hybridized carbons (Fsp3) is 0.478. The Morgan fingerprint density at radius 1 is 1.09 bits per heavy atom. The van der Waals surface area contributed by atoms with Crippen LogP contribution in [0.25, 0.3) is 0 Å². The lowest BCUT2D eigenvalue weighted by Gasteiger charge is -2.21. The molecule has 0 bridgehead atoms. The number of carbonyl (C=O) groups excluding carboxylic acids is 2. The highest BCUT2D eigenvalue weighted by Crippen LogP contribution is 2.18. The predicted octanol–water partition coefficient (Wildman–Crippen LogP) is 3.45. The molecule has 0 saturated heterocycles. The van der Waals surface area contributed by atoms with Gasteiger partial charge in [0.15, 0.2) is 6.61 Å². The zero-order valence-corrected chi connectivity index (χ0v) is 19.1. The number of carbonyl (C=O) groups is 2. The first-order valence-corrected chi connectivity index (χ1v) is 12.4. The average molecular weight is 463 g/mol. The van der Waals surface area contributed by atoms with Crippen LogP contribution in [0.5, 0.6) is 0 Å². The molecule has 1 amide bonds. The maximum atomic E-state index is 12.6. The number of rotatable bonds is 8. The van der Waals surface area contributed by atoms with Crippen molar-refractivity contribution in [3.8, 4) is 0 Å². The Bertz CT molecular complexity index is 1010. The van der Waals surface area contributed by atoms with E-state index in [0.29, 0.717) is 11.3 Å². The summed E-state index contributed by atoms with van der Waals surface area (Å²) in [5, 5.41) is 2.94. The number of ether oxygens (including phenoxy) is 1. The molecule has 1 aliphatic rings. The molecule has 1 aromatic carbocycles. The molecule has 2 aromatic rings. The van der Waals surface area contributed by atoms with Gasteiger partial charge in [0.1, 0.15) is 5.76 Å². The van der Waals surface area contributed by atoms with Crippen LogP contribution in [-0.2, 0) is 26.1 Å². The van der Waals surface area contributed by atoms with Gasteiger partial charge in [-0.15, -0.1) is 0 Å². The van der Waals surface area contributed by atoms with E-state index in [1.54, 1.807) is 19.1 Å². The Hall–Kier alpha value is -2.65. The summed E-state index contributed by atoms with van der Waals surface area (Å²) in [5.41, 5.74) is 0.657. The molecule has 0 atom stereocenters. The maximum absolute atomic E-state index is 12.6. The lowest BCUT2D eigenvalue weighted by Crippen LogP contribution is -2.38. The van der Waals surface area contributed by atoms with E-state index < -0.39 is 22.6 Å². The minimum Gasteiger partial charge on any atom is -0.468 e. The molecular weight excluding hydrogens is 432 g/mol. The van der Waals surface area contributed by atoms with Crippen LogP contribution in [0, 0.1) is 6.92 Å². The molecule has 0 unspecified atom stereocenters. The van der Waals surface area contributed by atoms with E-state index in [1.165, 1.54) is 43.7 Å². The quantitative estimate of drug-likeness (QED) is 0.581. The van der Waals surface area contributed by atoms with Crippen LogP contribution in [0.4, 0.5) is 0 Å². The summed E-state index contributed by atoms with van der Waals surface area (Å²) < 4.78 is 37.9. The Balaban J connectivity index is 1.58. The molecule has 9 heteroatoms. The highest BCUT2D eigenvalue weighted by molar-refractivity contribution is 7.89. The second kappa shape index (κ2) is 11.3. The Morgan fingerprint density at radius 2 is 1.81 bits per heavy atom. The summed E-state index contributed by atoms with van der Waals surface area (Å²) >= 11 is 0. The summed E-state index contributed by atoms with van der Waals surface area (Å²) in [4.78, 5) is 24.7. The summed E-state index contributed by atoms with van der Waals surface area (Å²) in [5.74, 6) is -0.612. The van der Waals surface area contributed by atoms with Crippen LogP contribution in [0.3, 0.4) is 0 Å². The monoisotopic (exact) mass is 462 g/mol. The molecule has 1 aromatic heterocycles. The maximum Gasteiger partial charge on any atom is 0.338 e. The summed E-state index contributed by atoms with van der Waals surface area (Å²) in [6, 6.07) is 7.63. The van der Waals surface area contributed by atoms with E-state index in [9.17, 15) is 18.0 Å². The van der Waals surface area contributed by atoms with Crippen molar-refractivity contribution < 1.29 is 27.2 Å². The van der Waals surface area contributed by atoms with Gasteiger partial charge in [-0.05, 0) is 49.6 Å². The van der Waals surface area contributed by atoms with Crippen molar-refractivity contribution in [2.24, 2.45) is 0 Å². The average Bonchev–Trinajstić information content (AvgIpc) is 3.26. The van der Waals surface area contributed by atoms with Crippen LogP contribution in [0.1, 0.15) is 66.6 Å². The van der Waals surface area contributed by atoms with Crippen LogP contribution in [0.15, 0.2) is 45.9 Å². The van der Waals surface area contributed by atoms with Crippen LogP contribution in [0.2, 0.25) is 0 Å². The first kappa shape index (κ1) is 24.0. The molecular formula is C23H30N2O6S. The molecule has 1 aliphatic carbocycles. The number of amides is 1. The van der Waals surface area contributed by atoms with E-state index in [0.717, 1.165) is 25.7 Å². The third kappa shape index (κ3) is 6.93. The van der Waals surface area contributed by atoms with E-state index in [4.69, 9.17) is 9.15 Å². The number of furan rings is 1. The number of benzene rings is 1. The van der Waals surface area contributed by atoms with Crippen LogP contribution < -0.4 is 10.0 Å². The Kier molecular flexibility index (Phi) is 8.46. The topological polar surface area (TPSA) is 115 Å². The highest BCUT2D eigenvalue weighted by atomic mass is 32.2. The number of nitrogens with one attached hydrogen (secondary N) is 2. The summed E-state index contributed by atoms with van der Waals surface area (Å²) in [6.07, 6.45) is 9.08. The molecule has 174 valence electrons. The number of sulfonamides is 1. The van der Waals surface area contributed by atoms with E-state index in [1.807, 2.05) is 0 Å². The van der Waals surface area contributed by atoms with Gasteiger partial charge >= 0.3 is 5.97 Å². The van der Waals surface area contributed by atoms with Crippen LogP contribution >= 0.6 is 0 Å². The van der Waals surface area contributed by atoms with E-state index in [2.05, 4.69) is 10.0 Å². The number of esters is 1. The largest absolute Gasteiger partial charge is 0.468 e. The van der Waals surface area contributed by atoms with Gasteiger partial charge in [-0.1, -0.05) is 38.2 Å². The van der Waals surface area contributed by atoms with Gasteiger partial charge < -0.3 is 14.5 Å². The second-order valence-corrected chi connectivity index (χ2v) is 9.83. The van der Waals surface area contributed by atoms with Gasteiger partial charge in [0.2, 0.25) is 10.0 Å². The normalized spacial score (nSPS) is 15.5. The fourth-order valence-electron chi connectivity index (χ4n) is 3.73. The van der Waals surface area contributed by atoms with Crippen molar-refractivity contribution in [3.63, 3.8) is 0 Å². The number of aryl methyl sites for hydroxylation is 1. The first-order valence-electron chi connectivity index (χ1n) is 10.9. The smallest absolute Gasteiger partial charge is 0.338 e. The minimum atomic E-state index is -3.86.